The molecule has 7 heteroatoms. The number of carbonyl (C=O) groups is 1. The number of nitrogens with one attached hydrogen (secondary N) is 2. The molecule has 0 saturated carbocycles. The number of hydrogen-bond acceptors (Lipinski definition) is 3. The molecule has 4 rings (SSSR count). The number of hydrogen-bond donors (Lipinski definition) is 2. The molecule has 0 fully saturated rings. The Balaban J connectivity index is 1.63. The molecule has 1 aliphatic carbocycles. The third kappa shape index (κ3) is 2.96. The molecule has 26 heavy (non-hydrogen) atoms. The van der Waals surface area contributed by atoms with Crippen molar-refractivity contribution in [2.24, 2.45) is 0 Å². The van der Waals surface area contributed by atoms with Crippen LogP contribution in [0.25, 0.3) is 10.8 Å². The van der Waals surface area contributed by atoms with Crippen LogP contribution in [0.5, 0.6) is 0 Å². The fourth-order valence-corrected chi connectivity index (χ4v) is 4.47. The highest BCUT2D eigenvalue weighted by Crippen LogP contribution is 2.34. The highest BCUT2D eigenvalue weighted by molar-refractivity contribution is 7.89. The molecule has 132 valence electrons. The lowest BCUT2D eigenvalue weighted by Gasteiger charge is -2.12. The lowest BCUT2D eigenvalue weighted by atomic mass is 10.1. The van der Waals surface area contributed by atoms with Crippen LogP contribution in [-0.4, -0.2) is 14.3 Å². The number of hydrazine groups is 1. The molecule has 0 atom stereocenters. The summed E-state index contributed by atoms with van der Waals surface area (Å²) in [5.74, 6) is -0.559. The SMILES string of the molecule is O=C(NNS(=O)(=O)c1ccc2c3c(cccc13)CC2)c1ccc(Cl)cc1. The zero-order chi connectivity index (χ0) is 18.3. The quantitative estimate of drug-likeness (QED) is 0.676. The van der Waals surface area contributed by atoms with Crippen molar-refractivity contribution in [2.45, 2.75) is 17.7 Å². The maximum absolute atomic E-state index is 12.7. The second-order valence-electron chi connectivity index (χ2n) is 6.13. The average Bonchev–Trinajstić information content (AvgIpc) is 3.06. The first kappa shape index (κ1) is 17.0. The van der Waals surface area contributed by atoms with Gasteiger partial charge in [-0.05, 0) is 59.7 Å². The summed E-state index contributed by atoms with van der Waals surface area (Å²) in [7, 11) is -3.91. The molecule has 0 aliphatic heterocycles. The number of halogens is 1. The summed E-state index contributed by atoms with van der Waals surface area (Å²) in [5.41, 5.74) is 4.86. The first-order valence-electron chi connectivity index (χ1n) is 8.07. The number of rotatable bonds is 4. The summed E-state index contributed by atoms with van der Waals surface area (Å²) in [4.78, 5) is 14.5. The lowest BCUT2D eigenvalue weighted by Crippen LogP contribution is -2.41. The van der Waals surface area contributed by atoms with Crippen LogP contribution < -0.4 is 10.3 Å². The van der Waals surface area contributed by atoms with Crippen molar-refractivity contribution in [1.29, 1.82) is 0 Å². The van der Waals surface area contributed by atoms with Crippen LogP contribution in [0.2, 0.25) is 5.02 Å². The van der Waals surface area contributed by atoms with Gasteiger partial charge in [0.15, 0.2) is 0 Å². The van der Waals surface area contributed by atoms with Gasteiger partial charge >= 0.3 is 0 Å². The second kappa shape index (κ2) is 6.39. The van der Waals surface area contributed by atoms with E-state index < -0.39 is 15.9 Å². The number of carbonyl (C=O) groups excluding carboxylic acids is 1. The van der Waals surface area contributed by atoms with Crippen molar-refractivity contribution >= 4 is 38.3 Å². The van der Waals surface area contributed by atoms with Crippen molar-refractivity contribution in [3.05, 3.63) is 76.3 Å². The van der Waals surface area contributed by atoms with Crippen LogP contribution in [0, 0.1) is 0 Å². The largest absolute Gasteiger partial charge is 0.273 e. The van der Waals surface area contributed by atoms with Gasteiger partial charge in [-0.15, -0.1) is 4.83 Å². The molecule has 0 aromatic heterocycles. The first-order valence-corrected chi connectivity index (χ1v) is 9.93. The third-order valence-corrected chi connectivity index (χ3v) is 6.09. The van der Waals surface area contributed by atoms with Crippen molar-refractivity contribution in [3.63, 3.8) is 0 Å². The van der Waals surface area contributed by atoms with E-state index in [1.54, 1.807) is 24.3 Å². The van der Waals surface area contributed by atoms with Gasteiger partial charge in [-0.25, -0.2) is 8.42 Å². The van der Waals surface area contributed by atoms with Crippen molar-refractivity contribution in [1.82, 2.24) is 10.3 Å². The Kier molecular flexibility index (Phi) is 4.19. The Morgan fingerprint density at radius 2 is 1.62 bits per heavy atom. The van der Waals surface area contributed by atoms with E-state index in [2.05, 4.69) is 10.3 Å². The fraction of sp³-hybridized carbons (Fsp3) is 0.105. The smallest absolute Gasteiger partial charge is 0.266 e. The van der Waals surface area contributed by atoms with Gasteiger partial charge in [0.1, 0.15) is 0 Å². The maximum Gasteiger partial charge on any atom is 0.266 e. The van der Waals surface area contributed by atoms with Gasteiger partial charge in [-0.2, -0.15) is 0 Å². The zero-order valence-electron chi connectivity index (χ0n) is 13.6. The molecule has 3 aromatic carbocycles. The van der Waals surface area contributed by atoms with E-state index >= 15 is 0 Å². The first-order chi connectivity index (χ1) is 12.5. The molecule has 0 heterocycles. The monoisotopic (exact) mass is 386 g/mol. The van der Waals surface area contributed by atoms with Gasteiger partial charge in [-0.1, -0.05) is 35.9 Å². The van der Waals surface area contributed by atoms with Crippen LogP contribution in [0.1, 0.15) is 21.5 Å². The Hall–Kier alpha value is -2.41. The molecule has 1 aliphatic rings. The Bertz CT molecular complexity index is 1120. The van der Waals surface area contributed by atoms with E-state index in [-0.39, 0.29) is 4.90 Å². The van der Waals surface area contributed by atoms with Crippen LogP contribution in [0.4, 0.5) is 0 Å². The van der Waals surface area contributed by atoms with Crippen LogP contribution in [0.3, 0.4) is 0 Å². The number of amides is 1. The molecule has 2 N–H and O–H groups in total. The summed E-state index contributed by atoms with van der Waals surface area (Å²) < 4.78 is 25.5. The number of sulfonamides is 1. The zero-order valence-corrected chi connectivity index (χ0v) is 15.2. The minimum atomic E-state index is -3.91. The minimum absolute atomic E-state index is 0.149. The molecular weight excluding hydrogens is 372 g/mol. The van der Waals surface area contributed by atoms with E-state index in [1.165, 1.54) is 12.1 Å². The Morgan fingerprint density at radius 3 is 2.35 bits per heavy atom. The van der Waals surface area contributed by atoms with Crippen molar-refractivity contribution < 1.29 is 13.2 Å². The molecule has 0 radical (unpaired) electrons. The third-order valence-electron chi connectivity index (χ3n) is 4.53. The summed E-state index contributed by atoms with van der Waals surface area (Å²) in [6.45, 7) is 0. The molecule has 0 spiro atoms. The standard InChI is InChI=1S/C19H15ClN2O3S/c20-15-9-6-14(7-10-15)19(23)21-22-26(24,25)17-11-8-13-5-4-12-2-1-3-16(17)18(12)13/h1-3,6-11,22H,4-5H2,(H,21,23). The van der Waals surface area contributed by atoms with Crippen LogP contribution in [0.15, 0.2) is 59.5 Å². The van der Waals surface area contributed by atoms with Crippen LogP contribution in [-0.2, 0) is 22.9 Å². The summed E-state index contributed by atoms with van der Waals surface area (Å²) in [6.07, 6.45) is 1.83. The summed E-state index contributed by atoms with van der Waals surface area (Å²) in [6, 6.07) is 15.3. The molecule has 3 aromatic rings. The van der Waals surface area contributed by atoms with Crippen molar-refractivity contribution in [3.8, 4) is 0 Å². The molecular formula is C19H15ClN2O3S. The second-order valence-corrected chi connectivity index (χ2v) is 8.22. The molecule has 0 unspecified atom stereocenters. The van der Waals surface area contributed by atoms with E-state index in [0.29, 0.717) is 16.0 Å². The molecule has 0 saturated heterocycles. The molecule has 0 bridgehead atoms. The molecule has 1 amide bonds. The van der Waals surface area contributed by atoms with Gasteiger partial charge in [-0.3, -0.25) is 10.2 Å². The topological polar surface area (TPSA) is 75.3 Å². The number of aryl methyl sites for hydroxylation is 2. The van der Waals surface area contributed by atoms with Gasteiger partial charge in [0.05, 0.1) is 4.90 Å². The maximum atomic E-state index is 12.7. The average molecular weight is 387 g/mol. The summed E-state index contributed by atoms with van der Waals surface area (Å²) in [5, 5.41) is 2.17. The van der Waals surface area contributed by atoms with E-state index in [9.17, 15) is 13.2 Å². The lowest BCUT2D eigenvalue weighted by molar-refractivity contribution is 0.0945. The van der Waals surface area contributed by atoms with Gasteiger partial charge in [0.2, 0.25) is 0 Å². The van der Waals surface area contributed by atoms with Gasteiger partial charge < -0.3 is 0 Å². The van der Waals surface area contributed by atoms with E-state index in [0.717, 1.165) is 29.4 Å². The summed E-state index contributed by atoms with van der Waals surface area (Å²) >= 11 is 5.79. The normalized spacial score (nSPS) is 13.1. The highest BCUT2D eigenvalue weighted by Gasteiger charge is 2.23. The van der Waals surface area contributed by atoms with E-state index in [4.69, 9.17) is 11.6 Å². The Morgan fingerprint density at radius 1 is 0.923 bits per heavy atom. The van der Waals surface area contributed by atoms with E-state index in [1.807, 2.05) is 18.2 Å². The predicted octanol–water partition coefficient (Wildman–Crippen LogP) is 3.22. The predicted molar refractivity (Wildman–Crippen MR) is 101 cm³/mol. The highest BCUT2D eigenvalue weighted by atomic mass is 35.5. The molecule has 5 nitrogen and oxygen atoms in total. The van der Waals surface area contributed by atoms with Gasteiger partial charge in [0.25, 0.3) is 15.9 Å². The van der Waals surface area contributed by atoms with Crippen LogP contribution >= 0.6 is 11.6 Å². The van der Waals surface area contributed by atoms with Gasteiger partial charge in [0, 0.05) is 16.0 Å². The number of benzene rings is 3. The minimum Gasteiger partial charge on any atom is -0.273 e. The van der Waals surface area contributed by atoms with Crippen molar-refractivity contribution in [2.75, 3.05) is 0 Å². The Labute approximate surface area is 156 Å². The fourth-order valence-electron chi connectivity index (χ4n) is 3.30.